The number of hydrogen-bond donors (Lipinski definition) is 0. The molecular weight excluding hydrogens is 308 g/mol. The smallest absolute Gasteiger partial charge is 0.330 e. The molecule has 0 fully saturated rings. The number of esters is 1. The number of ether oxygens (including phenoxy) is 2. The maximum atomic E-state index is 10.8. The normalized spacial score (nSPS) is 10.6. The molecule has 1 rings (SSSR count). The van der Waals surface area contributed by atoms with Crippen molar-refractivity contribution in [2.45, 2.75) is 64.4 Å². The van der Waals surface area contributed by atoms with Crippen LogP contribution in [0.5, 0.6) is 0 Å². The van der Waals surface area contributed by atoms with E-state index in [9.17, 15) is 4.79 Å². The van der Waals surface area contributed by atoms with Crippen LogP contribution in [0.15, 0.2) is 29.5 Å². The molecule has 0 amide bonds. The molecule has 0 N–H and O–H groups in total. The summed E-state index contributed by atoms with van der Waals surface area (Å²) in [5.41, 5.74) is 1.29. The highest BCUT2D eigenvalue weighted by Crippen LogP contribution is 2.11. The lowest BCUT2D eigenvalue weighted by atomic mass is 10.1. The predicted molar refractivity (Wildman–Crippen MR) is 96.7 cm³/mol. The summed E-state index contributed by atoms with van der Waals surface area (Å²) in [7, 11) is 0. The third-order valence-corrected chi connectivity index (χ3v) is 4.42. The van der Waals surface area contributed by atoms with E-state index < -0.39 is 0 Å². The van der Waals surface area contributed by atoms with Gasteiger partial charge >= 0.3 is 5.97 Å². The van der Waals surface area contributed by atoms with Crippen molar-refractivity contribution in [3.63, 3.8) is 0 Å². The Kier molecular flexibility index (Phi) is 12.5. The highest BCUT2D eigenvalue weighted by atomic mass is 32.1. The van der Waals surface area contributed by atoms with Crippen LogP contribution in [-0.4, -0.2) is 19.2 Å². The van der Waals surface area contributed by atoms with Gasteiger partial charge in [0.2, 0.25) is 0 Å². The number of carbonyl (C=O) groups is 1. The Balaban J connectivity index is 1.71. The topological polar surface area (TPSA) is 35.5 Å². The second kappa shape index (κ2) is 14.5. The van der Waals surface area contributed by atoms with E-state index in [1.165, 1.54) is 56.6 Å². The highest BCUT2D eigenvalue weighted by molar-refractivity contribution is 7.07. The summed E-state index contributed by atoms with van der Waals surface area (Å²) in [5.74, 6) is -0.315. The molecule has 3 nitrogen and oxygen atoms in total. The van der Waals surface area contributed by atoms with Crippen LogP contribution in [0.3, 0.4) is 0 Å². The highest BCUT2D eigenvalue weighted by Gasteiger charge is 1.97. The minimum Gasteiger partial charge on any atom is -0.463 e. The minimum atomic E-state index is -0.315. The maximum absolute atomic E-state index is 10.8. The van der Waals surface area contributed by atoms with Crippen molar-refractivity contribution >= 4 is 17.3 Å². The molecule has 1 heterocycles. The molecule has 0 aliphatic heterocycles. The molecule has 0 radical (unpaired) electrons. The van der Waals surface area contributed by atoms with Crippen LogP contribution in [0.2, 0.25) is 0 Å². The Bertz CT molecular complexity index is 401. The van der Waals surface area contributed by atoms with Gasteiger partial charge in [-0.2, -0.15) is 11.3 Å². The van der Waals surface area contributed by atoms with Crippen LogP contribution >= 0.6 is 11.3 Å². The van der Waals surface area contributed by atoms with Crippen LogP contribution < -0.4 is 0 Å². The lowest BCUT2D eigenvalue weighted by Crippen LogP contribution is -2.01. The zero-order chi connectivity index (χ0) is 16.6. The SMILES string of the molecule is C=CC(=O)OCCCCCCCCCCCOCc1ccsc1. The molecule has 0 aliphatic rings. The van der Waals surface area contributed by atoms with Crippen molar-refractivity contribution in [2.75, 3.05) is 13.2 Å². The number of thiophene rings is 1. The summed E-state index contributed by atoms with van der Waals surface area (Å²) in [6, 6.07) is 2.12. The predicted octanol–water partition coefficient (Wildman–Crippen LogP) is 5.50. The quantitative estimate of drug-likeness (QED) is 0.240. The van der Waals surface area contributed by atoms with E-state index in [1.54, 1.807) is 11.3 Å². The van der Waals surface area contributed by atoms with Gasteiger partial charge in [0.25, 0.3) is 0 Å². The largest absolute Gasteiger partial charge is 0.463 e. The number of carbonyl (C=O) groups excluding carboxylic acids is 1. The van der Waals surface area contributed by atoms with Gasteiger partial charge in [0.15, 0.2) is 0 Å². The average molecular weight is 339 g/mol. The van der Waals surface area contributed by atoms with Crippen molar-refractivity contribution in [2.24, 2.45) is 0 Å². The van der Waals surface area contributed by atoms with Gasteiger partial charge in [-0.3, -0.25) is 0 Å². The summed E-state index contributed by atoms with van der Waals surface area (Å²) in [6.07, 6.45) is 12.2. The molecule has 23 heavy (non-hydrogen) atoms. The van der Waals surface area contributed by atoms with Crippen molar-refractivity contribution in [1.82, 2.24) is 0 Å². The van der Waals surface area contributed by atoms with Gasteiger partial charge in [-0.25, -0.2) is 4.79 Å². The number of rotatable bonds is 15. The van der Waals surface area contributed by atoms with Crippen LogP contribution in [0.4, 0.5) is 0 Å². The maximum Gasteiger partial charge on any atom is 0.330 e. The molecule has 0 aromatic carbocycles. The molecule has 0 atom stereocenters. The van der Waals surface area contributed by atoms with E-state index in [0.717, 1.165) is 26.1 Å². The van der Waals surface area contributed by atoms with Gasteiger partial charge in [-0.1, -0.05) is 51.5 Å². The van der Waals surface area contributed by atoms with E-state index in [1.807, 2.05) is 0 Å². The first kappa shape index (κ1) is 19.9. The summed E-state index contributed by atoms with van der Waals surface area (Å²) in [4.78, 5) is 10.8. The molecule has 0 saturated heterocycles. The molecule has 130 valence electrons. The Hall–Kier alpha value is -1.13. The van der Waals surface area contributed by atoms with Gasteiger partial charge in [0.1, 0.15) is 0 Å². The molecular formula is C19H30O3S. The fourth-order valence-electron chi connectivity index (χ4n) is 2.34. The number of hydrogen-bond acceptors (Lipinski definition) is 4. The van der Waals surface area contributed by atoms with Crippen LogP contribution in [-0.2, 0) is 20.9 Å². The van der Waals surface area contributed by atoms with Gasteiger partial charge in [0, 0.05) is 12.7 Å². The molecule has 1 aromatic rings. The average Bonchev–Trinajstić information content (AvgIpc) is 3.08. The first-order valence-corrected chi connectivity index (χ1v) is 9.65. The zero-order valence-corrected chi connectivity index (χ0v) is 15.0. The molecule has 0 aliphatic carbocycles. The zero-order valence-electron chi connectivity index (χ0n) is 14.1. The Morgan fingerprint density at radius 2 is 1.61 bits per heavy atom. The summed E-state index contributed by atoms with van der Waals surface area (Å²) < 4.78 is 10.6. The standard InChI is InChI=1S/C19H30O3S/c1-2-19(20)22-14-11-9-7-5-3-4-6-8-10-13-21-16-18-12-15-23-17-18/h2,12,15,17H,1,3-11,13-14,16H2. The van der Waals surface area contributed by atoms with E-state index in [2.05, 4.69) is 23.4 Å². The third kappa shape index (κ3) is 12.0. The van der Waals surface area contributed by atoms with E-state index in [-0.39, 0.29) is 5.97 Å². The molecule has 0 bridgehead atoms. The van der Waals surface area contributed by atoms with E-state index in [0.29, 0.717) is 6.61 Å². The van der Waals surface area contributed by atoms with E-state index in [4.69, 9.17) is 9.47 Å². The second-order valence-electron chi connectivity index (χ2n) is 5.74. The first-order chi connectivity index (χ1) is 11.3. The summed E-state index contributed by atoms with van der Waals surface area (Å²) in [6.45, 7) is 5.52. The molecule has 0 spiro atoms. The first-order valence-electron chi connectivity index (χ1n) is 8.71. The molecule has 0 unspecified atom stereocenters. The number of unbranched alkanes of at least 4 members (excludes halogenated alkanes) is 8. The lowest BCUT2D eigenvalue weighted by molar-refractivity contribution is -0.137. The Morgan fingerprint density at radius 1 is 1.00 bits per heavy atom. The fraction of sp³-hybridized carbons (Fsp3) is 0.632. The van der Waals surface area contributed by atoms with Crippen molar-refractivity contribution in [3.05, 3.63) is 35.0 Å². The van der Waals surface area contributed by atoms with Crippen LogP contribution in [0, 0.1) is 0 Å². The van der Waals surface area contributed by atoms with Gasteiger partial charge < -0.3 is 9.47 Å². The third-order valence-electron chi connectivity index (χ3n) is 3.69. The molecule has 1 aromatic heterocycles. The van der Waals surface area contributed by atoms with E-state index >= 15 is 0 Å². The lowest BCUT2D eigenvalue weighted by Gasteiger charge is -2.04. The monoisotopic (exact) mass is 338 g/mol. The Morgan fingerprint density at radius 3 is 2.17 bits per heavy atom. The summed E-state index contributed by atoms with van der Waals surface area (Å²) >= 11 is 1.72. The van der Waals surface area contributed by atoms with Crippen molar-refractivity contribution in [1.29, 1.82) is 0 Å². The second-order valence-corrected chi connectivity index (χ2v) is 6.52. The minimum absolute atomic E-state index is 0.315. The van der Waals surface area contributed by atoms with Gasteiger partial charge in [-0.05, 0) is 35.2 Å². The van der Waals surface area contributed by atoms with Crippen LogP contribution in [0.25, 0.3) is 0 Å². The Labute approximate surface area is 144 Å². The van der Waals surface area contributed by atoms with Crippen LogP contribution in [0.1, 0.15) is 63.4 Å². The molecule has 0 saturated carbocycles. The van der Waals surface area contributed by atoms with Crippen molar-refractivity contribution in [3.8, 4) is 0 Å². The molecule has 4 heteroatoms. The van der Waals surface area contributed by atoms with Crippen molar-refractivity contribution < 1.29 is 14.3 Å². The van der Waals surface area contributed by atoms with Gasteiger partial charge in [0.05, 0.1) is 13.2 Å². The fourth-order valence-corrected chi connectivity index (χ4v) is 2.99. The summed E-state index contributed by atoms with van der Waals surface area (Å²) in [5, 5.41) is 4.23. The van der Waals surface area contributed by atoms with Gasteiger partial charge in [-0.15, -0.1) is 0 Å².